The number of ether oxygens (including phenoxy) is 1. The zero-order chi connectivity index (χ0) is 20.8. The Labute approximate surface area is 173 Å². The number of esters is 1. The van der Waals surface area contributed by atoms with E-state index in [1.54, 1.807) is 0 Å². The van der Waals surface area contributed by atoms with Crippen molar-refractivity contribution in [2.45, 2.75) is 96.5 Å². The molecule has 1 aliphatic heterocycles. The van der Waals surface area contributed by atoms with E-state index in [4.69, 9.17) is 4.74 Å². The highest BCUT2D eigenvalue weighted by Crippen LogP contribution is 2.31. The molecule has 6 heteroatoms. The van der Waals surface area contributed by atoms with Crippen LogP contribution in [-0.2, 0) is 19.4 Å². The Balaban J connectivity index is 2.07. The molecule has 0 aliphatic carbocycles. The summed E-state index contributed by atoms with van der Waals surface area (Å²) in [5.41, 5.74) is 0. The van der Waals surface area contributed by atoms with Crippen molar-refractivity contribution in [3.63, 3.8) is 0 Å². The van der Waals surface area contributed by atoms with Gasteiger partial charge in [-0.1, -0.05) is 58.3 Å². The molecular weight excluding hydrogens is 374 g/mol. The molecule has 1 heterocycles. The Bertz CT molecular complexity index is 519. The number of nitrogens with zero attached hydrogens (tertiary/aromatic N) is 1. The molecule has 0 saturated carbocycles. The second kappa shape index (κ2) is 14.4. The van der Waals surface area contributed by atoms with Crippen molar-refractivity contribution >= 4 is 15.8 Å². The minimum absolute atomic E-state index is 0.0218. The maximum Gasteiger partial charge on any atom is 0.313 e. The third-order valence-corrected chi connectivity index (χ3v) is 7.46. The van der Waals surface area contributed by atoms with Gasteiger partial charge < -0.3 is 9.64 Å². The summed E-state index contributed by atoms with van der Waals surface area (Å²) < 4.78 is 29.4. The Morgan fingerprint density at radius 2 is 1.39 bits per heavy atom. The summed E-state index contributed by atoms with van der Waals surface area (Å²) in [5.74, 6) is 0.523. The first-order chi connectivity index (χ1) is 13.4. The molecule has 1 rings (SSSR count). The van der Waals surface area contributed by atoms with E-state index < -0.39 is 9.84 Å². The van der Waals surface area contributed by atoms with Crippen molar-refractivity contribution in [1.82, 2.24) is 4.90 Å². The Morgan fingerprint density at radius 1 is 0.821 bits per heavy atom. The van der Waals surface area contributed by atoms with Crippen LogP contribution in [0.1, 0.15) is 90.4 Å². The monoisotopic (exact) mass is 417 g/mol. The third kappa shape index (κ3) is 11.4. The molecule has 2 atom stereocenters. The molecule has 0 radical (unpaired) electrons. The number of sulfone groups is 1. The van der Waals surface area contributed by atoms with Crippen LogP contribution in [0.5, 0.6) is 0 Å². The van der Waals surface area contributed by atoms with Crippen LogP contribution in [0, 0.1) is 5.92 Å². The van der Waals surface area contributed by atoms with Gasteiger partial charge >= 0.3 is 5.97 Å². The maximum absolute atomic E-state index is 12.0. The highest BCUT2D eigenvalue weighted by atomic mass is 32.2. The fourth-order valence-electron chi connectivity index (χ4n) is 3.83. The van der Waals surface area contributed by atoms with Crippen LogP contribution in [0.2, 0.25) is 0 Å². The molecule has 0 aromatic carbocycles. The van der Waals surface area contributed by atoms with Crippen molar-refractivity contribution in [2.75, 3.05) is 32.1 Å². The van der Waals surface area contributed by atoms with E-state index in [9.17, 15) is 13.2 Å². The van der Waals surface area contributed by atoms with Gasteiger partial charge in [0, 0.05) is 0 Å². The highest BCUT2D eigenvalue weighted by Gasteiger charge is 2.40. The van der Waals surface area contributed by atoms with E-state index in [1.807, 2.05) is 19.0 Å². The summed E-state index contributed by atoms with van der Waals surface area (Å²) in [6.45, 7) is 3.04. The minimum atomic E-state index is -2.95. The molecule has 5 nitrogen and oxygen atoms in total. The molecule has 1 saturated heterocycles. The average molecular weight is 418 g/mol. The fraction of sp³-hybridized carbons (Fsp3) is 0.955. The smallest absolute Gasteiger partial charge is 0.313 e. The first kappa shape index (κ1) is 25.4. The molecule has 0 aromatic heterocycles. The third-order valence-electron chi connectivity index (χ3n) is 5.64. The van der Waals surface area contributed by atoms with Crippen LogP contribution in [0.15, 0.2) is 0 Å². The molecule has 0 amide bonds. The summed E-state index contributed by atoms with van der Waals surface area (Å²) in [7, 11) is 0.958. The lowest BCUT2D eigenvalue weighted by molar-refractivity contribution is -0.186. The molecule has 0 spiro atoms. The van der Waals surface area contributed by atoms with Crippen molar-refractivity contribution in [3.8, 4) is 0 Å². The zero-order valence-corrected chi connectivity index (χ0v) is 19.3. The van der Waals surface area contributed by atoms with Gasteiger partial charge in [0.25, 0.3) is 0 Å². The normalized spacial score (nSPS) is 19.6. The highest BCUT2D eigenvalue weighted by molar-refractivity contribution is 7.91. The minimum Gasteiger partial charge on any atom is -0.461 e. The van der Waals surface area contributed by atoms with E-state index in [0.29, 0.717) is 12.8 Å². The quantitative estimate of drug-likeness (QED) is 0.241. The van der Waals surface area contributed by atoms with Crippen molar-refractivity contribution < 1.29 is 17.9 Å². The van der Waals surface area contributed by atoms with Crippen LogP contribution in [0.25, 0.3) is 0 Å². The number of carbonyl (C=O) groups excluding carboxylic acids is 1. The number of unbranched alkanes of at least 4 members (excludes halogenated alkanes) is 8. The summed E-state index contributed by atoms with van der Waals surface area (Å²) in [4.78, 5) is 13.7. The number of carbonyl (C=O) groups is 1. The SMILES string of the molecule is CCCCCCCCCC[C@H]1C(=O)O[C@@H]1CCCCS(=O)(=O)CCCN(C)C. The van der Waals surface area contributed by atoms with Gasteiger partial charge in [-0.2, -0.15) is 0 Å². The largest absolute Gasteiger partial charge is 0.461 e. The van der Waals surface area contributed by atoms with E-state index in [2.05, 4.69) is 6.92 Å². The number of hydrogen-bond donors (Lipinski definition) is 0. The van der Waals surface area contributed by atoms with Gasteiger partial charge in [-0.15, -0.1) is 0 Å². The van der Waals surface area contributed by atoms with Crippen LogP contribution in [-0.4, -0.2) is 57.5 Å². The average Bonchev–Trinajstić information content (AvgIpc) is 2.62. The second-order valence-corrected chi connectivity index (χ2v) is 11.0. The van der Waals surface area contributed by atoms with Crippen molar-refractivity contribution in [3.05, 3.63) is 0 Å². The van der Waals surface area contributed by atoms with Crippen LogP contribution >= 0.6 is 0 Å². The summed E-state index contributed by atoms with van der Waals surface area (Å²) in [6, 6.07) is 0. The van der Waals surface area contributed by atoms with Gasteiger partial charge in [0.1, 0.15) is 15.9 Å². The predicted molar refractivity (Wildman–Crippen MR) is 116 cm³/mol. The molecule has 166 valence electrons. The molecular formula is C22H43NO4S. The van der Waals surface area contributed by atoms with E-state index in [1.165, 1.54) is 44.9 Å². The molecule has 1 aliphatic rings. The zero-order valence-electron chi connectivity index (χ0n) is 18.5. The van der Waals surface area contributed by atoms with E-state index in [0.717, 1.165) is 32.2 Å². The van der Waals surface area contributed by atoms with Crippen LogP contribution < -0.4 is 0 Å². The predicted octanol–water partition coefficient (Wildman–Crippen LogP) is 4.60. The van der Waals surface area contributed by atoms with Crippen molar-refractivity contribution in [2.24, 2.45) is 5.92 Å². The molecule has 0 aromatic rings. The topological polar surface area (TPSA) is 63.7 Å². The lowest BCUT2D eigenvalue weighted by Gasteiger charge is -2.35. The van der Waals surface area contributed by atoms with Gasteiger partial charge in [0.2, 0.25) is 0 Å². The lowest BCUT2D eigenvalue weighted by Crippen LogP contribution is -2.45. The fourth-order valence-corrected chi connectivity index (χ4v) is 5.25. The molecule has 1 fully saturated rings. The summed E-state index contributed by atoms with van der Waals surface area (Å²) >= 11 is 0. The standard InChI is InChI=1S/C22H43NO4S/c1-4-5-6-7-8-9-10-11-15-20-21(27-22(20)24)16-12-13-18-28(25,26)19-14-17-23(2)3/h20-21H,4-19H2,1-3H3/t20-,21-/m1/s1. The second-order valence-electron chi connectivity index (χ2n) is 8.65. The Kier molecular flexibility index (Phi) is 13.0. The van der Waals surface area contributed by atoms with Gasteiger partial charge in [-0.05, 0) is 52.7 Å². The molecule has 0 bridgehead atoms. The Hall–Kier alpha value is -0.620. The first-order valence-corrected chi connectivity index (χ1v) is 13.2. The first-order valence-electron chi connectivity index (χ1n) is 11.4. The molecule has 0 unspecified atom stereocenters. The number of hydrogen-bond acceptors (Lipinski definition) is 5. The van der Waals surface area contributed by atoms with Gasteiger partial charge in [-0.3, -0.25) is 4.79 Å². The van der Waals surface area contributed by atoms with Crippen molar-refractivity contribution in [1.29, 1.82) is 0 Å². The van der Waals surface area contributed by atoms with Gasteiger partial charge in [0.15, 0.2) is 0 Å². The van der Waals surface area contributed by atoms with E-state index in [-0.39, 0.29) is 29.5 Å². The lowest BCUT2D eigenvalue weighted by atomic mass is 9.88. The maximum atomic E-state index is 12.0. The molecule has 28 heavy (non-hydrogen) atoms. The number of rotatable bonds is 18. The molecule has 0 N–H and O–H groups in total. The van der Waals surface area contributed by atoms with Gasteiger partial charge in [-0.25, -0.2) is 8.42 Å². The Morgan fingerprint density at radius 3 is 2.00 bits per heavy atom. The van der Waals surface area contributed by atoms with Crippen LogP contribution in [0.3, 0.4) is 0 Å². The van der Waals surface area contributed by atoms with Gasteiger partial charge in [0.05, 0.1) is 17.4 Å². The summed E-state index contributed by atoms with van der Waals surface area (Å²) in [6.07, 6.45) is 14.1. The number of cyclic esters (lactones) is 1. The van der Waals surface area contributed by atoms with Crippen LogP contribution in [0.4, 0.5) is 0 Å². The van der Waals surface area contributed by atoms with E-state index >= 15 is 0 Å². The summed E-state index contributed by atoms with van der Waals surface area (Å²) in [5, 5.41) is 0.